The van der Waals surface area contributed by atoms with Crippen LogP contribution in [0.1, 0.15) is 78.9 Å². The smallest absolute Gasteiger partial charge is 0.469 e. The van der Waals surface area contributed by atoms with E-state index in [1.807, 2.05) is 19.9 Å². The van der Waals surface area contributed by atoms with Gasteiger partial charge in [0.1, 0.15) is 34.2 Å². The van der Waals surface area contributed by atoms with E-state index < -0.39 is 31.5 Å². The summed E-state index contributed by atoms with van der Waals surface area (Å²) in [6.07, 6.45) is 3.85. The molecule has 0 bridgehead atoms. The van der Waals surface area contributed by atoms with E-state index in [0.717, 1.165) is 0 Å². The van der Waals surface area contributed by atoms with Gasteiger partial charge in [0.15, 0.2) is 0 Å². The van der Waals surface area contributed by atoms with Gasteiger partial charge in [-0.1, -0.05) is 12.2 Å². The van der Waals surface area contributed by atoms with Crippen molar-refractivity contribution in [1.82, 2.24) is 29.1 Å². The number of carbonyl (C=O) groups excluding carboxylic acids is 4. The summed E-state index contributed by atoms with van der Waals surface area (Å²) in [5, 5.41) is 11.6. The predicted octanol–water partition coefficient (Wildman–Crippen LogP) is 3.28. The molecule has 4 amide bonds. The number of nitrogens with one attached hydrogen (secondary N) is 1. The second-order valence-corrected chi connectivity index (χ2v) is 15.1. The van der Waals surface area contributed by atoms with Gasteiger partial charge in [0, 0.05) is 50.1 Å². The molecule has 3 aromatic heterocycles. The number of ether oxygens (including phenoxy) is 2. The molecule has 0 atom stereocenters. The Morgan fingerprint density at radius 1 is 0.885 bits per heavy atom. The van der Waals surface area contributed by atoms with Crippen molar-refractivity contribution in [2.75, 3.05) is 37.1 Å². The van der Waals surface area contributed by atoms with Gasteiger partial charge in [0.05, 0.1) is 42.9 Å². The summed E-state index contributed by atoms with van der Waals surface area (Å²) < 4.78 is 32.2. The van der Waals surface area contributed by atoms with Crippen LogP contribution in [0, 0.1) is 13.8 Å². The number of primary amides is 2. The lowest BCUT2D eigenvalue weighted by molar-refractivity contribution is 0.0986. The van der Waals surface area contributed by atoms with Crippen LogP contribution in [0.4, 0.5) is 11.6 Å². The number of aryl methyl sites for hydroxylation is 4. The molecule has 0 unspecified atom stereocenters. The normalized spacial score (nSPS) is 13.4. The zero-order valence-electron chi connectivity index (χ0n) is 34.1. The number of phosphoric ester groups is 1. The van der Waals surface area contributed by atoms with Crippen LogP contribution in [-0.4, -0.2) is 95.2 Å². The Morgan fingerprint density at radius 3 is 2.15 bits per heavy atom. The minimum atomic E-state index is -4.71. The van der Waals surface area contributed by atoms with E-state index in [2.05, 4.69) is 30.0 Å². The summed E-state index contributed by atoms with van der Waals surface area (Å²) >= 11 is 0. The zero-order valence-corrected chi connectivity index (χ0v) is 35.0. The van der Waals surface area contributed by atoms with Gasteiger partial charge in [-0.2, -0.15) is 15.2 Å². The molecule has 0 aliphatic carbocycles. The number of hydrogen-bond acceptors (Lipinski definition) is 11. The number of amides is 4. The van der Waals surface area contributed by atoms with Crippen molar-refractivity contribution in [1.29, 1.82) is 0 Å². The Morgan fingerprint density at radius 2 is 1.51 bits per heavy atom. The molecule has 1 aliphatic rings. The molecule has 0 radical (unpaired) electrons. The van der Waals surface area contributed by atoms with Crippen LogP contribution in [-0.2, 0) is 35.1 Å². The Bertz CT molecular complexity index is 2640. The van der Waals surface area contributed by atoms with E-state index in [9.17, 15) is 23.7 Å². The Hall–Kier alpha value is -6.67. The summed E-state index contributed by atoms with van der Waals surface area (Å²) in [6, 6.07) is 9.34. The summed E-state index contributed by atoms with van der Waals surface area (Å²) in [6.45, 7) is 7.99. The number of methoxy groups -OCH3 is 1. The molecule has 21 nitrogen and oxygen atoms in total. The molecule has 0 spiro atoms. The van der Waals surface area contributed by atoms with Crippen LogP contribution < -0.4 is 31.2 Å². The highest BCUT2D eigenvalue weighted by atomic mass is 31.2. The minimum absolute atomic E-state index is 0.0615. The number of imidazole rings is 1. The van der Waals surface area contributed by atoms with E-state index in [1.165, 1.54) is 25.3 Å². The SMILES string of the molecule is CCn1nc(C)cc1C(=O)N=C1Cc2cc(C(N)=O)cc(OC)c2N1C/C=C/Cn1c(NC(=O)c2cc(C)nn2CC)nc2cc(C(N)=O)cc(OCCCOP(=O)(O)O)c21. The number of hydrogen-bond donors (Lipinski definition) is 5. The highest BCUT2D eigenvalue weighted by Gasteiger charge is 2.31. The Labute approximate surface area is 349 Å². The lowest BCUT2D eigenvalue weighted by atomic mass is 10.1. The topological polar surface area (TPSA) is 287 Å². The molecular weight excluding hydrogens is 813 g/mol. The average molecular weight is 860 g/mol. The molecule has 322 valence electrons. The van der Waals surface area contributed by atoms with Crippen molar-refractivity contribution >= 4 is 60.0 Å². The van der Waals surface area contributed by atoms with Crippen LogP contribution in [0.5, 0.6) is 11.5 Å². The minimum Gasteiger partial charge on any atom is -0.495 e. The number of phosphoric acid groups is 1. The molecule has 22 heteroatoms. The van der Waals surface area contributed by atoms with E-state index in [-0.39, 0.29) is 73.2 Å². The predicted molar refractivity (Wildman–Crippen MR) is 223 cm³/mol. The van der Waals surface area contributed by atoms with Gasteiger partial charge in [0.2, 0.25) is 17.8 Å². The first-order valence-corrected chi connectivity index (χ1v) is 20.7. The van der Waals surface area contributed by atoms with Gasteiger partial charge in [-0.05, 0) is 69.7 Å². The van der Waals surface area contributed by atoms with Crippen molar-refractivity contribution in [2.45, 2.75) is 60.2 Å². The van der Waals surface area contributed by atoms with Crippen molar-refractivity contribution < 1.29 is 47.5 Å². The van der Waals surface area contributed by atoms with Crippen molar-refractivity contribution in [3.8, 4) is 11.5 Å². The number of amidine groups is 1. The summed E-state index contributed by atoms with van der Waals surface area (Å²) in [5.41, 5.74) is 15.4. The van der Waals surface area contributed by atoms with Crippen molar-refractivity contribution in [3.63, 3.8) is 0 Å². The molecule has 61 heavy (non-hydrogen) atoms. The second kappa shape index (κ2) is 18.3. The van der Waals surface area contributed by atoms with Crippen LogP contribution >= 0.6 is 7.82 Å². The van der Waals surface area contributed by atoms with Gasteiger partial charge in [-0.25, -0.2) is 9.55 Å². The standard InChI is InChI=1S/C39H46N11O10P/c1-6-49-28(15-22(3)45-49)37(53)43-32-21-24-17-25(35(40)51)19-30(58-5)33(24)47(32)11-8-9-12-48-34-27(42-39(48)44-38(54)29-16-23(4)46-50(29)7-2)18-26(36(41)52)20-31(34)59-13-10-14-60-61(55,56)57/h8-9,15-20H,6-7,10-14,21H2,1-5H3,(H2,40,51)(H2,41,52)(H,42,44,54)(H2,55,56,57)/b9-8+,43-32?. The van der Waals surface area contributed by atoms with Crippen LogP contribution in [0.3, 0.4) is 0 Å². The maximum absolute atomic E-state index is 13.7. The first-order valence-electron chi connectivity index (χ1n) is 19.1. The van der Waals surface area contributed by atoms with Crippen LogP contribution in [0.25, 0.3) is 11.0 Å². The fourth-order valence-electron chi connectivity index (χ4n) is 6.90. The lowest BCUT2D eigenvalue weighted by Gasteiger charge is -2.21. The lowest BCUT2D eigenvalue weighted by Crippen LogP contribution is -2.29. The molecule has 1 aliphatic heterocycles. The number of nitrogens with two attached hydrogens (primary N) is 2. The maximum Gasteiger partial charge on any atom is 0.469 e. The molecule has 0 fully saturated rings. The van der Waals surface area contributed by atoms with E-state index >= 15 is 0 Å². The second-order valence-electron chi connectivity index (χ2n) is 13.8. The third-order valence-corrected chi connectivity index (χ3v) is 10.1. The Kier molecular flexibility index (Phi) is 13.2. The fourth-order valence-corrected chi connectivity index (χ4v) is 7.27. The monoisotopic (exact) mass is 859 g/mol. The largest absolute Gasteiger partial charge is 0.495 e. The van der Waals surface area contributed by atoms with Crippen molar-refractivity contribution in [2.24, 2.45) is 16.5 Å². The fraction of sp³-hybridized carbons (Fsp3) is 0.333. The number of aliphatic imine (C=N–C) groups is 1. The molecule has 5 aromatic rings. The van der Waals surface area contributed by atoms with Crippen LogP contribution in [0.2, 0.25) is 0 Å². The number of nitrogens with zero attached hydrogens (tertiary/aromatic N) is 8. The van der Waals surface area contributed by atoms with E-state index in [1.54, 1.807) is 57.0 Å². The Balaban J connectivity index is 1.38. The maximum atomic E-state index is 13.7. The number of benzene rings is 2. The summed E-state index contributed by atoms with van der Waals surface area (Å²) in [4.78, 5) is 81.1. The summed E-state index contributed by atoms with van der Waals surface area (Å²) in [5.74, 6) is -1.47. The van der Waals surface area contributed by atoms with Gasteiger partial charge in [-0.15, -0.1) is 0 Å². The van der Waals surface area contributed by atoms with Crippen LogP contribution in [0.15, 0.2) is 53.5 Å². The molecule has 6 rings (SSSR count). The molecule has 7 N–H and O–H groups in total. The summed E-state index contributed by atoms with van der Waals surface area (Å²) in [7, 11) is -3.25. The van der Waals surface area contributed by atoms with Gasteiger partial charge >= 0.3 is 7.82 Å². The molecule has 0 saturated heterocycles. The number of anilines is 2. The number of carbonyl (C=O) groups is 4. The van der Waals surface area contributed by atoms with Gasteiger partial charge in [-0.3, -0.25) is 38.4 Å². The molecular formula is C39H46N11O10P. The number of rotatable bonds is 18. The first-order chi connectivity index (χ1) is 29.0. The third-order valence-electron chi connectivity index (χ3n) is 9.54. The average Bonchev–Trinajstić information content (AvgIpc) is 3.97. The molecule has 0 saturated carbocycles. The molecule has 4 heterocycles. The van der Waals surface area contributed by atoms with Crippen molar-refractivity contribution in [3.05, 3.63) is 88.0 Å². The van der Waals surface area contributed by atoms with Gasteiger partial charge in [0.25, 0.3) is 11.8 Å². The highest BCUT2D eigenvalue weighted by molar-refractivity contribution is 7.46. The van der Waals surface area contributed by atoms with E-state index in [0.29, 0.717) is 58.5 Å². The number of fused-ring (bicyclic) bond motifs is 2. The molecule has 2 aromatic carbocycles. The van der Waals surface area contributed by atoms with E-state index in [4.69, 9.17) is 30.7 Å². The van der Waals surface area contributed by atoms with Gasteiger partial charge < -0.3 is 40.2 Å². The zero-order chi connectivity index (χ0) is 44.2. The number of aromatic nitrogens is 6. The highest BCUT2D eigenvalue weighted by Crippen LogP contribution is 2.40. The number of allylic oxidation sites excluding steroid dienone is 1. The third kappa shape index (κ3) is 9.87. The first kappa shape index (κ1) is 43.9. The quantitative estimate of drug-likeness (QED) is 0.0480.